The largest absolute Gasteiger partial charge is 0.332 e. The zero-order valence-electron chi connectivity index (χ0n) is 14.4. The van der Waals surface area contributed by atoms with Gasteiger partial charge in [-0.3, -0.25) is 9.59 Å². The maximum absolute atomic E-state index is 12.7. The molecule has 0 unspecified atom stereocenters. The molecule has 0 radical (unpaired) electrons. The highest BCUT2D eigenvalue weighted by Gasteiger charge is 2.30. The maximum atomic E-state index is 12.7. The fraction of sp³-hybridized carbons (Fsp3) is 0.500. The summed E-state index contributed by atoms with van der Waals surface area (Å²) in [5.41, 5.74) is 2.29. The fourth-order valence-corrected chi connectivity index (χ4v) is 3.23. The molecule has 128 valence electrons. The molecular formula is C18H25N4O2+. The topological polar surface area (TPSA) is 57.4 Å². The molecule has 2 heterocycles. The molecule has 6 heteroatoms. The number of rotatable bonds is 3. The lowest BCUT2D eigenvalue weighted by atomic mass is 10.1. The number of carbonyl (C=O) groups excluding carboxylic acids is 2. The molecule has 3 rings (SSSR count). The van der Waals surface area contributed by atoms with Gasteiger partial charge in [0.2, 0.25) is 5.91 Å². The Hall–Kier alpha value is -2.21. The van der Waals surface area contributed by atoms with Gasteiger partial charge in [-0.05, 0) is 31.5 Å². The molecular weight excluding hydrogens is 304 g/mol. The molecule has 2 aliphatic rings. The van der Waals surface area contributed by atoms with Crippen LogP contribution < -0.4 is 9.91 Å². The summed E-state index contributed by atoms with van der Waals surface area (Å²) in [7, 11) is 0. The standard InChI is InChI=1S/C18H24N4O2/c1-3-20-9-11-21(12-10-20)18(24)16-7-8-17(23)22(19-16)15-6-4-5-14(2)13-15/h4-6,13H,3,7-12H2,1-2H3/p+1. The average Bonchev–Trinajstić information content (AvgIpc) is 2.61. The molecule has 0 spiro atoms. The van der Waals surface area contributed by atoms with E-state index in [-0.39, 0.29) is 11.8 Å². The summed E-state index contributed by atoms with van der Waals surface area (Å²) in [4.78, 5) is 28.4. The minimum atomic E-state index is -0.0580. The molecule has 0 saturated carbocycles. The van der Waals surface area contributed by atoms with Crippen LogP contribution in [0.2, 0.25) is 0 Å². The van der Waals surface area contributed by atoms with Crippen LogP contribution in [0.5, 0.6) is 0 Å². The van der Waals surface area contributed by atoms with Crippen molar-refractivity contribution < 1.29 is 14.5 Å². The maximum Gasteiger partial charge on any atom is 0.270 e. The van der Waals surface area contributed by atoms with Gasteiger partial charge in [0.05, 0.1) is 38.4 Å². The molecule has 1 saturated heterocycles. The zero-order chi connectivity index (χ0) is 17.1. The van der Waals surface area contributed by atoms with Crippen LogP contribution in [0.25, 0.3) is 0 Å². The van der Waals surface area contributed by atoms with Crippen LogP contribution in [0.4, 0.5) is 5.69 Å². The summed E-state index contributed by atoms with van der Waals surface area (Å²) in [6.07, 6.45) is 0.763. The average molecular weight is 329 g/mol. The summed E-state index contributed by atoms with van der Waals surface area (Å²) in [6.45, 7) is 8.73. The van der Waals surface area contributed by atoms with Crippen molar-refractivity contribution >= 4 is 23.2 Å². The number of benzene rings is 1. The fourth-order valence-electron chi connectivity index (χ4n) is 3.23. The van der Waals surface area contributed by atoms with Crippen LogP contribution >= 0.6 is 0 Å². The molecule has 1 aromatic carbocycles. The van der Waals surface area contributed by atoms with Gasteiger partial charge in [-0.1, -0.05) is 12.1 Å². The number of piperazine rings is 1. The van der Waals surface area contributed by atoms with Crippen molar-refractivity contribution in [2.75, 3.05) is 37.7 Å². The summed E-state index contributed by atoms with van der Waals surface area (Å²) in [5.74, 6) is -0.0762. The molecule has 1 fully saturated rings. The van der Waals surface area contributed by atoms with E-state index in [1.165, 1.54) is 9.91 Å². The molecule has 0 aliphatic carbocycles. The quantitative estimate of drug-likeness (QED) is 0.863. The number of nitrogens with one attached hydrogen (secondary N) is 1. The normalized spacial score (nSPS) is 19.4. The first-order chi connectivity index (χ1) is 11.6. The predicted molar refractivity (Wildman–Crippen MR) is 93.2 cm³/mol. The van der Waals surface area contributed by atoms with E-state index in [4.69, 9.17) is 0 Å². The van der Waals surface area contributed by atoms with E-state index in [9.17, 15) is 9.59 Å². The third-order valence-electron chi connectivity index (χ3n) is 4.78. The molecule has 1 aromatic rings. The van der Waals surface area contributed by atoms with E-state index in [1.807, 2.05) is 36.1 Å². The molecule has 0 atom stereocenters. The molecule has 2 amide bonds. The smallest absolute Gasteiger partial charge is 0.270 e. The van der Waals surface area contributed by atoms with Crippen molar-refractivity contribution in [1.82, 2.24) is 4.90 Å². The van der Waals surface area contributed by atoms with Crippen LogP contribution in [0, 0.1) is 6.92 Å². The van der Waals surface area contributed by atoms with Crippen molar-refractivity contribution in [2.45, 2.75) is 26.7 Å². The Morgan fingerprint density at radius 3 is 2.67 bits per heavy atom. The Kier molecular flexibility index (Phi) is 4.94. The number of carbonyl (C=O) groups is 2. The van der Waals surface area contributed by atoms with Crippen LogP contribution in [-0.2, 0) is 9.59 Å². The number of nitrogens with zero attached hydrogens (tertiary/aromatic N) is 3. The lowest BCUT2D eigenvalue weighted by molar-refractivity contribution is -0.902. The summed E-state index contributed by atoms with van der Waals surface area (Å²) < 4.78 is 0. The number of hydrazone groups is 1. The van der Waals surface area contributed by atoms with E-state index in [2.05, 4.69) is 12.0 Å². The highest BCUT2D eigenvalue weighted by molar-refractivity contribution is 6.40. The van der Waals surface area contributed by atoms with E-state index < -0.39 is 0 Å². The number of quaternary nitrogens is 1. The van der Waals surface area contributed by atoms with E-state index in [1.54, 1.807) is 0 Å². The Bertz CT molecular complexity index is 663. The van der Waals surface area contributed by atoms with Crippen LogP contribution in [0.15, 0.2) is 29.4 Å². The highest BCUT2D eigenvalue weighted by Crippen LogP contribution is 2.21. The van der Waals surface area contributed by atoms with Gasteiger partial charge in [-0.2, -0.15) is 5.10 Å². The SMILES string of the molecule is CC[NH+]1CCN(C(=O)C2=NN(c3cccc(C)c3)C(=O)CC2)CC1. The summed E-state index contributed by atoms with van der Waals surface area (Å²) in [6, 6.07) is 7.64. The molecule has 6 nitrogen and oxygen atoms in total. The first kappa shape index (κ1) is 16.6. The second-order valence-electron chi connectivity index (χ2n) is 6.49. The molecule has 0 aromatic heterocycles. The van der Waals surface area contributed by atoms with E-state index in [0.717, 1.165) is 44.0 Å². The predicted octanol–water partition coefficient (Wildman–Crippen LogP) is 0.225. The van der Waals surface area contributed by atoms with Gasteiger partial charge in [0.25, 0.3) is 5.91 Å². The van der Waals surface area contributed by atoms with Crippen LogP contribution in [0.1, 0.15) is 25.3 Å². The number of hydrogen-bond donors (Lipinski definition) is 1. The second kappa shape index (κ2) is 7.13. The van der Waals surface area contributed by atoms with Gasteiger partial charge >= 0.3 is 0 Å². The second-order valence-corrected chi connectivity index (χ2v) is 6.49. The third-order valence-corrected chi connectivity index (χ3v) is 4.78. The minimum Gasteiger partial charge on any atom is -0.332 e. The number of anilines is 1. The summed E-state index contributed by atoms with van der Waals surface area (Å²) in [5, 5.41) is 5.78. The third kappa shape index (κ3) is 3.48. The van der Waals surface area contributed by atoms with Crippen molar-refractivity contribution in [1.29, 1.82) is 0 Å². The Morgan fingerprint density at radius 1 is 1.25 bits per heavy atom. The van der Waals surface area contributed by atoms with E-state index in [0.29, 0.717) is 18.6 Å². The highest BCUT2D eigenvalue weighted by atomic mass is 16.2. The molecule has 1 N–H and O–H groups in total. The number of aryl methyl sites for hydroxylation is 1. The molecule has 0 bridgehead atoms. The minimum absolute atomic E-state index is 0.0182. The van der Waals surface area contributed by atoms with Crippen LogP contribution in [-0.4, -0.2) is 55.1 Å². The Morgan fingerprint density at radius 2 is 2.00 bits per heavy atom. The van der Waals surface area contributed by atoms with Crippen molar-refractivity contribution in [3.05, 3.63) is 29.8 Å². The van der Waals surface area contributed by atoms with Gasteiger partial charge < -0.3 is 9.80 Å². The Balaban J connectivity index is 1.76. The first-order valence-corrected chi connectivity index (χ1v) is 8.68. The van der Waals surface area contributed by atoms with Crippen molar-refractivity contribution in [2.24, 2.45) is 5.10 Å². The summed E-state index contributed by atoms with van der Waals surface area (Å²) >= 11 is 0. The number of hydrogen-bond acceptors (Lipinski definition) is 3. The monoisotopic (exact) mass is 329 g/mol. The van der Waals surface area contributed by atoms with Gasteiger partial charge in [0, 0.05) is 12.8 Å². The lowest BCUT2D eigenvalue weighted by Crippen LogP contribution is -3.14. The van der Waals surface area contributed by atoms with Gasteiger partial charge in [0.15, 0.2) is 0 Å². The zero-order valence-corrected chi connectivity index (χ0v) is 14.4. The van der Waals surface area contributed by atoms with E-state index >= 15 is 0 Å². The van der Waals surface area contributed by atoms with Gasteiger partial charge in [-0.25, -0.2) is 5.01 Å². The van der Waals surface area contributed by atoms with Crippen LogP contribution in [0.3, 0.4) is 0 Å². The Labute approximate surface area is 142 Å². The molecule has 24 heavy (non-hydrogen) atoms. The molecule has 2 aliphatic heterocycles. The van der Waals surface area contributed by atoms with Gasteiger partial charge in [0.1, 0.15) is 5.71 Å². The first-order valence-electron chi connectivity index (χ1n) is 8.68. The lowest BCUT2D eigenvalue weighted by Gasteiger charge is -2.33. The number of likely N-dealkylation sites (N-methyl/N-ethyl adjacent to an activating group) is 1. The van der Waals surface area contributed by atoms with Crippen molar-refractivity contribution in [3.63, 3.8) is 0 Å². The number of amides is 2. The van der Waals surface area contributed by atoms with Gasteiger partial charge in [-0.15, -0.1) is 0 Å². The van der Waals surface area contributed by atoms with Crippen molar-refractivity contribution in [3.8, 4) is 0 Å².